The third-order valence-corrected chi connectivity index (χ3v) is 3.61. The molecule has 0 amide bonds. The Balaban J connectivity index is 2.53. The maximum absolute atomic E-state index is 11.6. The van der Waals surface area contributed by atoms with Gasteiger partial charge in [-0.25, -0.2) is 4.79 Å². The molecule has 1 aromatic carbocycles. The molecule has 2 atom stereocenters. The number of hydrogen-bond acceptors (Lipinski definition) is 4. The summed E-state index contributed by atoms with van der Waals surface area (Å²) in [5.41, 5.74) is 0.590. The molecule has 1 aromatic rings. The number of nitrogens with zero attached hydrogens (tertiary/aromatic N) is 1. The van der Waals surface area contributed by atoms with Gasteiger partial charge in [0.1, 0.15) is 5.41 Å². The number of aliphatic hydroxyl groups excluding tert-OH is 1. The minimum atomic E-state index is -1.44. The van der Waals surface area contributed by atoms with Crippen molar-refractivity contribution in [3.05, 3.63) is 35.4 Å². The minimum absolute atomic E-state index is 0.469. The van der Waals surface area contributed by atoms with Crippen molar-refractivity contribution in [2.24, 2.45) is 0 Å². The van der Waals surface area contributed by atoms with E-state index in [1.807, 2.05) is 24.3 Å². The van der Waals surface area contributed by atoms with Crippen LogP contribution in [0.2, 0.25) is 0 Å². The Labute approximate surface area is 106 Å². The zero-order valence-corrected chi connectivity index (χ0v) is 10.2. The summed E-state index contributed by atoms with van der Waals surface area (Å²) in [6, 6.07) is 9.60. The maximum atomic E-state index is 11.6. The predicted molar refractivity (Wildman–Crippen MR) is 64.7 cm³/mol. The molecule has 0 spiro atoms. The summed E-state index contributed by atoms with van der Waals surface area (Å²) in [6.07, 6.45) is 0.678. The first-order valence-corrected chi connectivity index (χ1v) is 5.91. The van der Waals surface area contributed by atoms with E-state index in [1.54, 1.807) is 0 Å². The molecule has 4 nitrogen and oxygen atoms in total. The largest absolute Gasteiger partial charge is 0.467 e. The monoisotopic (exact) mass is 245 g/mol. The van der Waals surface area contributed by atoms with Gasteiger partial charge < -0.3 is 9.84 Å². The van der Waals surface area contributed by atoms with Gasteiger partial charge in [0.15, 0.2) is 6.10 Å². The molecule has 4 heteroatoms. The van der Waals surface area contributed by atoms with Crippen LogP contribution >= 0.6 is 0 Å². The number of esters is 1. The molecular formula is C14H15NO3. The molecule has 94 valence electrons. The van der Waals surface area contributed by atoms with E-state index in [4.69, 9.17) is 0 Å². The number of nitriles is 1. The number of carbonyl (C=O) groups excluding carboxylic acids is 1. The van der Waals surface area contributed by atoms with Crippen LogP contribution < -0.4 is 0 Å². The SMILES string of the molecule is COC(=O)C(O)C1(C#N)CCCc2ccccc21. The van der Waals surface area contributed by atoms with Crippen LogP contribution in [0.4, 0.5) is 0 Å². The van der Waals surface area contributed by atoms with Crippen LogP contribution in [0.3, 0.4) is 0 Å². The van der Waals surface area contributed by atoms with Gasteiger partial charge in [-0.15, -0.1) is 0 Å². The number of aryl methyl sites for hydroxylation is 1. The van der Waals surface area contributed by atoms with Gasteiger partial charge >= 0.3 is 5.97 Å². The molecule has 0 heterocycles. The number of rotatable bonds is 2. The van der Waals surface area contributed by atoms with Crippen molar-refractivity contribution in [3.8, 4) is 6.07 Å². The summed E-state index contributed by atoms with van der Waals surface area (Å²) < 4.78 is 4.57. The van der Waals surface area contributed by atoms with Crippen molar-refractivity contribution >= 4 is 5.97 Å². The average Bonchev–Trinajstić information content (AvgIpc) is 2.44. The molecule has 0 saturated heterocycles. The number of methoxy groups -OCH3 is 1. The van der Waals surface area contributed by atoms with Crippen LogP contribution in [0.25, 0.3) is 0 Å². The summed E-state index contributed by atoms with van der Waals surface area (Å²) in [5.74, 6) is -0.756. The number of hydrogen-bond donors (Lipinski definition) is 1. The van der Waals surface area contributed by atoms with Gasteiger partial charge in [-0.2, -0.15) is 5.26 Å². The lowest BCUT2D eigenvalue weighted by Gasteiger charge is -2.35. The standard InChI is InChI=1S/C14H15NO3/c1-18-13(17)12(16)14(9-15)8-4-6-10-5-2-3-7-11(10)14/h2-3,5,7,12,16H,4,6,8H2,1H3. The molecule has 0 radical (unpaired) electrons. The molecular weight excluding hydrogens is 230 g/mol. The lowest BCUT2D eigenvalue weighted by atomic mass is 9.67. The molecule has 2 rings (SSSR count). The summed E-state index contributed by atoms with van der Waals surface area (Å²) in [5, 5.41) is 19.6. The predicted octanol–water partition coefficient (Wildman–Crippen LogP) is 1.32. The van der Waals surface area contributed by atoms with Crippen molar-refractivity contribution in [1.29, 1.82) is 5.26 Å². The lowest BCUT2D eigenvalue weighted by molar-refractivity contribution is -0.153. The topological polar surface area (TPSA) is 70.3 Å². The second kappa shape index (κ2) is 4.79. The smallest absolute Gasteiger partial charge is 0.336 e. The lowest BCUT2D eigenvalue weighted by Crippen LogP contribution is -2.46. The number of carbonyl (C=O) groups is 1. The molecule has 18 heavy (non-hydrogen) atoms. The fourth-order valence-electron chi connectivity index (χ4n) is 2.64. The van der Waals surface area contributed by atoms with Crippen LogP contribution in [0.15, 0.2) is 24.3 Å². The minimum Gasteiger partial charge on any atom is -0.467 e. The maximum Gasteiger partial charge on any atom is 0.336 e. The van der Waals surface area contributed by atoms with E-state index >= 15 is 0 Å². The first-order valence-electron chi connectivity index (χ1n) is 5.91. The van der Waals surface area contributed by atoms with Crippen LogP contribution in [0, 0.1) is 11.3 Å². The second-order valence-electron chi connectivity index (χ2n) is 4.52. The van der Waals surface area contributed by atoms with Crippen molar-refractivity contribution in [2.45, 2.75) is 30.8 Å². The van der Waals surface area contributed by atoms with Crippen LogP contribution in [-0.2, 0) is 21.4 Å². The fraction of sp³-hybridized carbons (Fsp3) is 0.429. The molecule has 0 aromatic heterocycles. The van der Waals surface area contributed by atoms with Crippen LogP contribution in [0.1, 0.15) is 24.0 Å². The molecule has 0 bridgehead atoms. The first kappa shape index (κ1) is 12.6. The van der Waals surface area contributed by atoms with Crippen molar-refractivity contribution < 1.29 is 14.6 Å². The first-order chi connectivity index (χ1) is 8.65. The molecule has 2 unspecified atom stereocenters. The van der Waals surface area contributed by atoms with Gasteiger partial charge in [0, 0.05) is 0 Å². The highest BCUT2D eigenvalue weighted by atomic mass is 16.5. The Bertz CT molecular complexity index is 506. The van der Waals surface area contributed by atoms with Crippen molar-refractivity contribution in [3.63, 3.8) is 0 Å². The van der Waals surface area contributed by atoms with E-state index in [0.29, 0.717) is 6.42 Å². The summed E-state index contributed by atoms with van der Waals surface area (Å²) in [7, 11) is 1.21. The Kier molecular flexibility index (Phi) is 3.35. The van der Waals surface area contributed by atoms with E-state index in [1.165, 1.54) is 7.11 Å². The Morgan fingerprint density at radius 2 is 2.28 bits per heavy atom. The van der Waals surface area contributed by atoms with Crippen LogP contribution in [0.5, 0.6) is 0 Å². The summed E-state index contributed by atoms with van der Waals surface area (Å²) >= 11 is 0. The Morgan fingerprint density at radius 1 is 1.56 bits per heavy atom. The zero-order valence-electron chi connectivity index (χ0n) is 10.2. The molecule has 1 aliphatic carbocycles. The highest BCUT2D eigenvalue weighted by Crippen LogP contribution is 2.39. The van der Waals surface area contributed by atoms with Gasteiger partial charge in [-0.05, 0) is 30.4 Å². The van der Waals surface area contributed by atoms with Crippen molar-refractivity contribution in [2.75, 3.05) is 7.11 Å². The van der Waals surface area contributed by atoms with Gasteiger partial charge in [0.2, 0.25) is 0 Å². The normalized spacial score (nSPS) is 23.6. The number of aliphatic hydroxyl groups is 1. The van der Waals surface area contributed by atoms with E-state index in [2.05, 4.69) is 10.8 Å². The molecule has 1 N–H and O–H groups in total. The van der Waals surface area contributed by atoms with E-state index < -0.39 is 17.5 Å². The zero-order chi connectivity index (χ0) is 13.2. The van der Waals surface area contributed by atoms with Crippen molar-refractivity contribution in [1.82, 2.24) is 0 Å². The molecule has 0 saturated carbocycles. The highest BCUT2D eigenvalue weighted by molar-refractivity contribution is 5.78. The highest BCUT2D eigenvalue weighted by Gasteiger charge is 2.47. The molecule has 0 aliphatic heterocycles. The Morgan fingerprint density at radius 3 is 2.94 bits per heavy atom. The van der Waals surface area contributed by atoms with E-state index in [0.717, 1.165) is 24.0 Å². The quantitative estimate of drug-likeness (QED) is 0.798. The van der Waals surface area contributed by atoms with Gasteiger partial charge in [-0.3, -0.25) is 0 Å². The molecule has 0 fully saturated rings. The number of ether oxygens (including phenoxy) is 1. The third-order valence-electron chi connectivity index (χ3n) is 3.61. The molecule has 1 aliphatic rings. The van der Waals surface area contributed by atoms with Gasteiger partial charge in [0.25, 0.3) is 0 Å². The average molecular weight is 245 g/mol. The Hall–Kier alpha value is -1.86. The summed E-state index contributed by atoms with van der Waals surface area (Å²) in [6.45, 7) is 0. The summed E-state index contributed by atoms with van der Waals surface area (Å²) in [4.78, 5) is 11.6. The second-order valence-corrected chi connectivity index (χ2v) is 4.52. The van der Waals surface area contributed by atoms with E-state index in [9.17, 15) is 15.2 Å². The number of fused-ring (bicyclic) bond motifs is 1. The fourth-order valence-corrected chi connectivity index (χ4v) is 2.64. The van der Waals surface area contributed by atoms with Gasteiger partial charge in [0.05, 0.1) is 13.2 Å². The van der Waals surface area contributed by atoms with Gasteiger partial charge in [-0.1, -0.05) is 24.3 Å². The van der Waals surface area contributed by atoms with E-state index in [-0.39, 0.29) is 0 Å². The number of benzene rings is 1. The van der Waals surface area contributed by atoms with Crippen LogP contribution in [-0.4, -0.2) is 24.3 Å². The third kappa shape index (κ3) is 1.77.